The molecule has 1 unspecified atom stereocenters. The number of rotatable bonds is 2. The van der Waals surface area contributed by atoms with Crippen LogP contribution in [0.15, 0.2) is 22.8 Å². The van der Waals surface area contributed by atoms with Crippen LogP contribution in [-0.2, 0) is 4.79 Å². The summed E-state index contributed by atoms with van der Waals surface area (Å²) in [6.07, 6.45) is 1.57. The van der Waals surface area contributed by atoms with Crippen molar-refractivity contribution >= 4 is 27.7 Å². The minimum Gasteiger partial charge on any atom is -0.309 e. The van der Waals surface area contributed by atoms with E-state index in [4.69, 9.17) is 5.26 Å². The van der Waals surface area contributed by atoms with Gasteiger partial charge in [-0.15, -0.1) is 0 Å². The molecule has 0 aliphatic heterocycles. The first-order chi connectivity index (χ1) is 6.65. The SMILES string of the molecule is CC(C#N)C(=O)Nc1ncccc1Br. The molecule has 0 saturated heterocycles. The minimum atomic E-state index is -0.677. The fourth-order valence-electron chi connectivity index (χ4n) is 0.761. The molecule has 1 rings (SSSR count). The Kier molecular flexibility index (Phi) is 3.60. The Bertz CT molecular complexity index is 386. The molecule has 1 aromatic rings. The van der Waals surface area contributed by atoms with Gasteiger partial charge in [0.15, 0.2) is 0 Å². The molecule has 0 aliphatic carbocycles. The van der Waals surface area contributed by atoms with Crippen molar-refractivity contribution in [3.63, 3.8) is 0 Å². The molecule has 1 amide bonds. The van der Waals surface area contributed by atoms with Crippen LogP contribution >= 0.6 is 15.9 Å². The van der Waals surface area contributed by atoms with E-state index in [1.54, 1.807) is 18.3 Å². The van der Waals surface area contributed by atoms with Crippen LogP contribution in [0, 0.1) is 17.2 Å². The van der Waals surface area contributed by atoms with Crippen molar-refractivity contribution < 1.29 is 4.79 Å². The van der Waals surface area contributed by atoms with Crippen molar-refractivity contribution in [2.24, 2.45) is 5.92 Å². The lowest BCUT2D eigenvalue weighted by molar-refractivity contribution is -0.117. The van der Waals surface area contributed by atoms with Gasteiger partial charge in [-0.2, -0.15) is 5.26 Å². The van der Waals surface area contributed by atoms with Crippen LogP contribution in [0.2, 0.25) is 0 Å². The van der Waals surface area contributed by atoms with E-state index in [1.165, 1.54) is 6.92 Å². The van der Waals surface area contributed by atoms with Crippen molar-refractivity contribution in [2.75, 3.05) is 5.32 Å². The standard InChI is InChI=1S/C9H8BrN3O/c1-6(5-11)9(14)13-8-7(10)3-2-4-12-8/h2-4,6H,1H3,(H,12,13,14). The summed E-state index contributed by atoms with van der Waals surface area (Å²) in [4.78, 5) is 15.2. The molecule has 1 heterocycles. The van der Waals surface area contributed by atoms with Crippen LogP contribution in [0.1, 0.15) is 6.92 Å². The normalized spacial score (nSPS) is 11.5. The number of pyridine rings is 1. The van der Waals surface area contributed by atoms with Crippen molar-refractivity contribution in [3.8, 4) is 6.07 Å². The predicted octanol–water partition coefficient (Wildman–Crippen LogP) is 1.94. The third-order valence-corrected chi connectivity index (χ3v) is 2.23. The molecule has 0 spiro atoms. The molecule has 72 valence electrons. The molecule has 4 nitrogen and oxygen atoms in total. The number of nitrogens with zero attached hydrogens (tertiary/aromatic N) is 2. The predicted molar refractivity (Wildman–Crippen MR) is 55.3 cm³/mol. The fourth-order valence-corrected chi connectivity index (χ4v) is 1.12. The molecule has 1 N–H and O–H groups in total. The Morgan fingerprint density at radius 1 is 1.79 bits per heavy atom. The summed E-state index contributed by atoms with van der Waals surface area (Å²) >= 11 is 3.24. The zero-order chi connectivity index (χ0) is 10.6. The Morgan fingerprint density at radius 3 is 3.07 bits per heavy atom. The summed E-state index contributed by atoms with van der Waals surface area (Å²) in [5.41, 5.74) is 0. The van der Waals surface area contributed by atoms with E-state index < -0.39 is 5.92 Å². The first-order valence-electron chi connectivity index (χ1n) is 3.96. The average molecular weight is 254 g/mol. The number of hydrogen-bond acceptors (Lipinski definition) is 3. The van der Waals surface area contributed by atoms with Crippen LogP contribution in [0.4, 0.5) is 5.82 Å². The summed E-state index contributed by atoms with van der Waals surface area (Å²) < 4.78 is 0.693. The molecule has 0 fully saturated rings. The first-order valence-corrected chi connectivity index (χ1v) is 4.75. The van der Waals surface area contributed by atoms with Crippen LogP contribution in [0.5, 0.6) is 0 Å². The van der Waals surface area contributed by atoms with Gasteiger partial charge in [0.2, 0.25) is 5.91 Å². The highest BCUT2D eigenvalue weighted by molar-refractivity contribution is 9.10. The van der Waals surface area contributed by atoms with Gasteiger partial charge in [0, 0.05) is 6.20 Å². The quantitative estimate of drug-likeness (QED) is 0.876. The fraction of sp³-hybridized carbons (Fsp3) is 0.222. The number of hydrogen-bond donors (Lipinski definition) is 1. The van der Waals surface area contributed by atoms with E-state index in [9.17, 15) is 4.79 Å². The first kappa shape index (κ1) is 10.7. The molecular weight excluding hydrogens is 246 g/mol. The molecule has 0 aromatic carbocycles. The van der Waals surface area contributed by atoms with Gasteiger partial charge in [-0.05, 0) is 35.0 Å². The van der Waals surface area contributed by atoms with Crippen molar-refractivity contribution in [3.05, 3.63) is 22.8 Å². The molecule has 1 aromatic heterocycles. The monoisotopic (exact) mass is 253 g/mol. The molecule has 14 heavy (non-hydrogen) atoms. The van der Waals surface area contributed by atoms with E-state index >= 15 is 0 Å². The molecular formula is C9H8BrN3O. The Morgan fingerprint density at radius 2 is 2.50 bits per heavy atom. The largest absolute Gasteiger partial charge is 0.309 e. The molecule has 0 radical (unpaired) electrons. The van der Waals surface area contributed by atoms with Gasteiger partial charge in [0.25, 0.3) is 0 Å². The lowest BCUT2D eigenvalue weighted by Crippen LogP contribution is -2.19. The number of carbonyl (C=O) groups excluding carboxylic acids is 1. The Balaban J connectivity index is 2.76. The van der Waals surface area contributed by atoms with Crippen LogP contribution in [0.3, 0.4) is 0 Å². The molecule has 0 saturated carbocycles. The summed E-state index contributed by atoms with van der Waals surface area (Å²) in [7, 11) is 0. The Labute approximate surface area is 90.1 Å². The van der Waals surface area contributed by atoms with E-state index in [2.05, 4.69) is 26.2 Å². The smallest absolute Gasteiger partial charge is 0.242 e. The highest BCUT2D eigenvalue weighted by Gasteiger charge is 2.13. The van der Waals surface area contributed by atoms with Crippen molar-refractivity contribution in [1.29, 1.82) is 5.26 Å². The lowest BCUT2D eigenvalue weighted by Gasteiger charge is -2.06. The van der Waals surface area contributed by atoms with Gasteiger partial charge in [-0.25, -0.2) is 4.98 Å². The highest BCUT2D eigenvalue weighted by Crippen LogP contribution is 2.18. The molecule has 5 heteroatoms. The second-order valence-corrected chi connectivity index (χ2v) is 3.53. The van der Waals surface area contributed by atoms with Gasteiger partial charge in [-0.3, -0.25) is 4.79 Å². The van der Waals surface area contributed by atoms with Gasteiger partial charge in [0.05, 0.1) is 10.5 Å². The summed E-state index contributed by atoms with van der Waals surface area (Å²) in [6, 6.07) is 5.36. The van der Waals surface area contributed by atoms with E-state index in [0.29, 0.717) is 10.3 Å². The maximum absolute atomic E-state index is 11.3. The summed E-state index contributed by atoms with van der Waals surface area (Å²) in [6.45, 7) is 1.53. The lowest BCUT2D eigenvalue weighted by atomic mass is 10.2. The highest BCUT2D eigenvalue weighted by atomic mass is 79.9. The number of amides is 1. The number of anilines is 1. The number of halogens is 1. The van der Waals surface area contributed by atoms with Gasteiger partial charge >= 0.3 is 0 Å². The number of nitrogens with one attached hydrogen (secondary N) is 1. The topological polar surface area (TPSA) is 65.8 Å². The van der Waals surface area contributed by atoms with E-state index in [0.717, 1.165) is 0 Å². The zero-order valence-electron chi connectivity index (χ0n) is 7.49. The van der Waals surface area contributed by atoms with Crippen molar-refractivity contribution in [2.45, 2.75) is 6.92 Å². The molecule has 1 atom stereocenters. The van der Waals surface area contributed by atoms with Crippen molar-refractivity contribution in [1.82, 2.24) is 4.98 Å². The van der Waals surface area contributed by atoms with Gasteiger partial charge in [-0.1, -0.05) is 0 Å². The number of nitriles is 1. The minimum absolute atomic E-state index is 0.355. The van der Waals surface area contributed by atoms with E-state index in [1.807, 2.05) is 6.07 Å². The molecule has 0 aliphatic rings. The second kappa shape index (κ2) is 4.72. The second-order valence-electron chi connectivity index (χ2n) is 2.67. The van der Waals surface area contributed by atoms with Gasteiger partial charge in [0.1, 0.15) is 11.7 Å². The van der Waals surface area contributed by atoms with Crippen LogP contribution < -0.4 is 5.32 Å². The number of aromatic nitrogens is 1. The van der Waals surface area contributed by atoms with Crippen LogP contribution in [-0.4, -0.2) is 10.9 Å². The zero-order valence-corrected chi connectivity index (χ0v) is 9.08. The van der Waals surface area contributed by atoms with Crippen LogP contribution in [0.25, 0.3) is 0 Å². The molecule has 0 bridgehead atoms. The van der Waals surface area contributed by atoms with E-state index in [-0.39, 0.29) is 5.91 Å². The summed E-state index contributed by atoms with van der Waals surface area (Å²) in [5.74, 6) is -0.601. The van der Waals surface area contributed by atoms with Gasteiger partial charge < -0.3 is 5.32 Å². The maximum atomic E-state index is 11.3. The maximum Gasteiger partial charge on any atom is 0.242 e. The summed E-state index contributed by atoms with van der Waals surface area (Å²) in [5, 5.41) is 11.1. The Hall–Kier alpha value is -1.41. The third-order valence-electron chi connectivity index (χ3n) is 1.59. The number of carbonyl (C=O) groups is 1. The third kappa shape index (κ3) is 2.54. The average Bonchev–Trinajstić information content (AvgIpc) is 2.20.